The van der Waals surface area contributed by atoms with E-state index in [1.165, 1.54) is 17.2 Å². The SMILES string of the molecule is C=C(c1ccc(/C(C)=C/C(C)(C)C)cc1)N(C)Cc1cccc(F)c1. The second-order valence-electron chi connectivity index (χ2n) is 7.70. The van der Waals surface area contributed by atoms with Crippen molar-refractivity contribution in [2.24, 2.45) is 5.41 Å². The first-order chi connectivity index (χ1) is 11.7. The van der Waals surface area contributed by atoms with Crippen LogP contribution in [-0.4, -0.2) is 11.9 Å². The van der Waals surface area contributed by atoms with Crippen molar-refractivity contribution in [3.63, 3.8) is 0 Å². The first kappa shape index (κ1) is 19.0. The van der Waals surface area contributed by atoms with Crippen molar-refractivity contribution in [3.05, 3.63) is 83.7 Å². The highest BCUT2D eigenvalue weighted by Crippen LogP contribution is 2.25. The van der Waals surface area contributed by atoms with Gasteiger partial charge in [0, 0.05) is 19.3 Å². The Kier molecular flexibility index (Phi) is 5.84. The fourth-order valence-electron chi connectivity index (χ4n) is 2.88. The molecule has 0 aliphatic heterocycles. The van der Waals surface area contributed by atoms with Crippen LogP contribution in [0.5, 0.6) is 0 Å². The van der Waals surface area contributed by atoms with Crippen molar-refractivity contribution in [2.75, 3.05) is 7.05 Å². The van der Waals surface area contributed by atoms with Crippen LogP contribution in [0.2, 0.25) is 0 Å². The van der Waals surface area contributed by atoms with Gasteiger partial charge >= 0.3 is 0 Å². The molecule has 0 saturated heterocycles. The summed E-state index contributed by atoms with van der Waals surface area (Å²) in [6.07, 6.45) is 2.28. The van der Waals surface area contributed by atoms with Crippen LogP contribution < -0.4 is 0 Å². The van der Waals surface area contributed by atoms with E-state index in [2.05, 4.69) is 64.6 Å². The minimum atomic E-state index is -0.207. The highest BCUT2D eigenvalue weighted by atomic mass is 19.1. The van der Waals surface area contributed by atoms with Crippen LogP contribution in [0, 0.1) is 11.2 Å². The van der Waals surface area contributed by atoms with Gasteiger partial charge in [-0.1, -0.05) is 69.8 Å². The normalized spacial score (nSPS) is 12.2. The van der Waals surface area contributed by atoms with Gasteiger partial charge in [-0.15, -0.1) is 0 Å². The Balaban J connectivity index is 2.11. The molecule has 0 amide bonds. The van der Waals surface area contributed by atoms with E-state index in [1.807, 2.05) is 18.0 Å². The highest BCUT2D eigenvalue weighted by Gasteiger charge is 2.09. The monoisotopic (exact) mass is 337 g/mol. The molecule has 0 aliphatic rings. The van der Waals surface area contributed by atoms with E-state index in [0.717, 1.165) is 16.8 Å². The lowest BCUT2D eigenvalue weighted by atomic mass is 9.91. The van der Waals surface area contributed by atoms with E-state index in [-0.39, 0.29) is 11.2 Å². The van der Waals surface area contributed by atoms with Crippen LogP contribution in [0.4, 0.5) is 4.39 Å². The van der Waals surface area contributed by atoms with Gasteiger partial charge in [-0.3, -0.25) is 0 Å². The lowest BCUT2D eigenvalue weighted by Crippen LogP contribution is -2.15. The zero-order chi connectivity index (χ0) is 18.6. The molecule has 2 aromatic carbocycles. The largest absolute Gasteiger partial charge is 0.370 e. The van der Waals surface area contributed by atoms with Gasteiger partial charge in [-0.05, 0) is 46.7 Å². The van der Waals surface area contributed by atoms with Crippen molar-refractivity contribution >= 4 is 11.3 Å². The van der Waals surface area contributed by atoms with Crippen molar-refractivity contribution < 1.29 is 4.39 Å². The van der Waals surface area contributed by atoms with Crippen LogP contribution in [-0.2, 0) is 6.54 Å². The number of rotatable bonds is 5. The summed E-state index contributed by atoms with van der Waals surface area (Å²) in [5.74, 6) is -0.207. The molecule has 0 spiro atoms. The van der Waals surface area contributed by atoms with Crippen LogP contribution in [0.15, 0.2) is 61.2 Å². The van der Waals surface area contributed by atoms with Crippen LogP contribution >= 0.6 is 0 Å². The molecule has 2 heteroatoms. The molecule has 0 fully saturated rings. The molecule has 132 valence electrons. The van der Waals surface area contributed by atoms with Gasteiger partial charge in [0.2, 0.25) is 0 Å². The third-order valence-electron chi connectivity index (χ3n) is 4.09. The summed E-state index contributed by atoms with van der Waals surface area (Å²) in [6.45, 7) is 13.6. The minimum Gasteiger partial charge on any atom is -0.370 e. The zero-order valence-electron chi connectivity index (χ0n) is 15.9. The van der Waals surface area contributed by atoms with Crippen molar-refractivity contribution in [1.29, 1.82) is 0 Å². The Morgan fingerprint density at radius 1 is 1.08 bits per heavy atom. The Morgan fingerprint density at radius 2 is 1.68 bits per heavy atom. The number of benzene rings is 2. The second-order valence-corrected chi connectivity index (χ2v) is 7.70. The quantitative estimate of drug-likeness (QED) is 0.612. The van der Waals surface area contributed by atoms with Gasteiger partial charge < -0.3 is 4.90 Å². The molecule has 0 bridgehead atoms. The molecule has 0 saturated carbocycles. The smallest absolute Gasteiger partial charge is 0.123 e. The van der Waals surface area contributed by atoms with Gasteiger partial charge in [-0.2, -0.15) is 0 Å². The predicted octanol–water partition coefficient (Wildman–Crippen LogP) is 6.38. The molecule has 0 atom stereocenters. The number of halogens is 1. The summed E-state index contributed by atoms with van der Waals surface area (Å²) in [4.78, 5) is 2.04. The second kappa shape index (κ2) is 7.69. The molecular formula is C23H28FN. The molecule has 25 heavy (non-hydrogen) atoms. The van der Waals surface area contributed by atoms with E-state index < -0.39 is 0 Å². The Bertz CT molecular complexity index is 763. The maximum atomic E-state index is 13.3. The van der Waals surface area contributed by atoms with E-state index in [9.17, 15) is 4.39 Å². The Labute approximate surface area is 151 Å². The van der Waals surface area contributed by atoms with E-state index in [4.69, 9.17) is 0 Å². The Hall–Kier alpha value is -2.35. The molecule has 2 aromatic rings. The third-order valence-corrected chi connectivity index (χ3v) is 4.09. The maximum absolute atomic E-state index is 13.3. The average molecular weight is 337 g/mol. The molecule has 1 nitrogen and oxygen atoms in total. The van der Waals surface area contributed by atoms with Gasteiger partial charge in [0.1, 0.15) is 5.82 Å². The summed E-state index contributed by atoms with van der Waals surface area (Å²) in [7, 11) is 1.98. The van der Waals surface area contributed by atoms with Crippen molar-refractivity contribution in [1.82, 2.24) is 4.90 Å². The number of hydrogen-bond donors (Lipinski definition) is 0. The van der Waals surface area contributed by atoms with Gasteiger partial charge in [-0.25, -0.2) is 4.39 Å². The predicted molar refractivity (Wildman–Crippen MR) is 106 cm³/mol. The summed E-state index contributed by atoms with van der Waals surface area (Å²) in [6, 6.07) is 15.1. The zero-order valence-corrected chi connectivity index (χ0v) is 15.9. The number of nitrogens with zero attached hydrogens (tertiary/aromatic N) is 1. The van der Waals surface area contributed by atoms with E-state index in [1.54, 1.807) is 12.1 Å². The highest BCUT2D eigenvalue weighted by molar-refractivity contribution is 5.68. The summed E-state index contributed by atoms with van der Waals surface area (Å²) >= 11 is 0. The van der Waals surface area contributed by atoms with Crippen LogP contribution in [0.25, 0.3) is 11.3 Å². The first-order valence-corrected chi connectivity index (χ1v) is 8.60. The molecule has 0 N–H and O–H groups in total. The number of hydrogen-bond acceptors (Lipinski definition) is 1. The maximum Gasteiger partial charge on any atom is 0.123 e. The van der Waals surface area contributed by atoms with Gasteiger partial charge in [0.15, 0.2) is 0 Å². The molecule has 2 rings (SSSR count). The average Bonchev–Trinajstić information content (AvgIpc) is 2.52. The van der Waals surface area contributed by atoms with Crippen molar-refractivity contribution in [2.45, 2.75) is 34.2 Å². The first-order valence-electron chi connectivity index (χ1n) is 8.60. The topological polar surface area (TPSA) is 3.24 Å². The van der Waals surface area contributed by atoms with Crippen molar-refractivity contribution in [3.8, 4) is 0 Å². The molecule has 0 aliphatic carbocycles. The van der Waals surface area contributed by atoms with Gasteiger partial charge in [0.25, 0.3) is 0 Å². The third kappa shape index (κ3) is 5.60. The van der Waals surface area contributed by atoms with Crippen LogP contribution in [0.1, 0.15) is 44.4 Å². The molecule has 0 radical (unpaired) electrons. The summed E-state index contributed by atoms with van der Waals surface area (Å²) < 4.78 is 13.3. The van der Waals surface area contributed by atoms with E-state index in [0.29, 0.717) is 6.54 Å². The lowest BCUT2D eigenvalue weighted by molar-refractivity contribution is 0.474. The van der Waals surface area contributed by atoms with Gasteiger partial charge in [0.05, 0.1) is 0 Å². The van der Waals surface area contributed by atoms with E-state index >= 15 is 0 Å². The summed E-state index contributed by atoms with van der Waals surface area (Å²) in [5.41, 5.74) is 5.60. The Morgan fingerprint density at radius 3 is 2.24 bits per heavy atom. The molecule has 0 unspecified atom stereocenters. The standard InChI is InChI=1S/C23H28FN/c1-17(15-23(3,4)5)20-10-12-21(13-11-20)18(2)25(6)16-19-8-7-9-22(24)14-19/h7-15H,2,16H2,1,3-6H3/b17-15+. The fraction of sp³-hybridized carbons (Fsp3) is 0.304. The minimum absolute atomic E-state index is 0.164. The molecular weight excluding hydrogens is 309 g/mol. The van der Waals surface area contributed by atoms with Crippen LogP contribution in [0.3, 0.4) is 0 Å². The fourth-order valence-corrected chi connectivity index (χ4v) is 2.88. The lowest BCUT2D eigenvalue weighted by Gasteiger charge is -2.22. The molecule has 0 heterocycles. The number of allylic oxidation sites excluding steroid dienone is 2. The molecule has 0 aromatic heterocycles. The summed E-state index contributed by atoms with van der Waals surface area (Å²) in [5, 5.41) is 0.